The lowest BCUT2D eigenvalue weighted by Crippen LogP contribution is -2.45. The molecule has 1 heterocycles. The Kier molecular flexibility index (Phi) is 11.5. The molecule has 0 bridgehead atoms. The first-order valence-corrected chi connectivity index (χ1v) is 16.6. The molecule has 38 heavy (non-hydrogen) atoms. The predicted octanol–water partition coefficient (Wildman–Crippen LogP) is 5.87. The molecular formula is C28H42BrN3O5Si. The van der Waals surface area contributed by atoms with Crippen molar-refractivity contribution in [1.29, 1.82) is 0 Å². The molecule has 210 valence electrons. The number of benzene rings is 1. The van der Waals surface area contributed by atoms with Crippen LogP contribution in [0, 0.1) is 0 Å². The van der Waals surface area contributed by atoms with Crippen LogP contribution in [0.3, 0.4) is 0 Å². The van der Waals surface area contributed by atoms with E-state index in [0.29, 0.717) is 16.8 Å². The fourth-order valence-corrected chi connectivity index (χ4v) is 5.55. The number of aromatic nitrogens is 2. The maximum absolute atomic E-state index is 13.0. The maximum Gasteiger partial charge on any atom is 0.308 e. The van der Waals surface area contributed by atoms with Gasteiger partial charge in [0, 0.05) is 19.0 Å². The number of hydrogen-bond donors (Lipinski definition) is 2. The molecule has 0 aliphatic carbocycles. The number of halogens is 1. The van der Waals surface area contributed by atoms with Crippen molar-refractivity contribution in [3.8, 4) is 0 Å². The molecule has 1 amide bonds. The van der Waals surface area contributed by atoms with E-state index in [2.05, 4.69) is 60.1 Å². The van der Waals surface area contributed by atoms with Crippen molar-refractivity contribution >= 4 is 42.2 Å². The van der Waals surface area contributed by atoms with Gasteiger partial charge in [0.05, 0.1) is 31.4 Å². The third-order valence-electron chi connectivity index (χ3n) is 6.79. The standard InChI is InChI=1S/C28H42BrN3O5Si/c1-19(2)32-23(25(29)31-26(32)27(35)30-18-20-12-10-9-11-13-20)15-14-21(33)16-22(17-24(34)36-6)37-38(7,8)28(3,4)5/h9-15,19,21-22,33H,16-18H2,1-8H3,(H,30,35)/t21-,22-/m1/s1. The van der Waals surface area contributed by atoms with Crippen molar-refractivity contribution in [3.05, 3.63) is 58.1 Å². The Labute approximate surface area is 236 Å². The molecule has 2 atom stereocenters. The Bertz CT molecular complexity index is 1110. The highest BCUT2D eigenvalue weighted by Gasteiger charge is 2.40. The number of aliphatic hydroxyl groups excluding tert-OH is 1. The van der Waals surface area contributed by atoms with Crippen LogP contribution in [-0.4, -0.2) is 54.2 Å². The van der Waals surface area contributed by atoms with Crippen molar-refractivity contribution in [1.82, 2.24) is 14.9 Å². The van der Waals surface area contributed by atoms with E-state index in [-0.39, 0.29) is 41.6 Å². The van der Waals surface area contributed by atoms with Crippen molar-refractivity contribution in [2.75, 3.05) is 7.11 Å². The molecule has 0 aliphatic rings. The fourth-order valence-electron chi connectivity index (χ4n) is 3.69. The summed E-state index contributed by atoms with van der Waals surface area (Å²) in [5, 5.41) is 13.8. The lowest BCUT2D eigenvalue weighted by Gasteiger charge is -2.39. The van der Waals surface area contributed by atoms with Crippen LogP contribution in [-0.2, 0) is 20.5 Å². The number of esters is 1. The van der Waals surface area contributed by atoms with Gasteiger partial charge in [-0.1, -0.05) is 57.2 Å². The Hall–Kier alpha value is -2.27. The quantitative estimate of drug-likeness (QED) is 0.231. The number of carbonyl (C=O) groups excluding carboxylic acids is 2. The first kappa shape index (κ1) is 31.9. The van der Waals surface area contributed by atoms with Crippen molar-refractivity contribution < 1.29 is 23.9 Å². The van der Waals surface area contributed by atoms with E-state index in [0.717, 1.165) is 5.56 Å². The summed E-state index contributed by atoms with van der Waals surface area (Å²) in [5.41, 5.74) is 1.66. The van der Waals surface area contributed by atoms with E-state index in [1.54, 1.807) is 12.2 Å². The number of rotatable bonds is 12. The van der Waals surface area contributed by atoms with E-state index in [1.807, 2.05) is 48.7 Å². The third kappa shape index (κ3) is 8.89. The Balaban J connectivity index is 2.22. The molecule has 0 aliphatic heterocycles. The second-order valence-corrected chi connectivity index (χ2v) is 16.7. The normalized spacial score (nSPS) is 14.1. The van der Waals surface area contributed by atoms with Crippen LogP contribution < -0.4 is 5.32 Å². The zero-order valence-corrected chi connectivity index (χ0v) is 26.3. The number of nitrogens with one attached hydrogen (secondary N) is 1. The van der Waals surface area contributed by atoms with Gasteiger partial charge in [-0.25, -0.2) is 4.98 Å². The number of amides is 1. The van der Waals surface area contributed by atoms with Gasteiger partial charge in [-0.05, 0) is 59.5 Å². The SMILES string of the molecule is COC(=O)C[C@@H](C[C@H](O)C=Cc1c(Br)nc(C(=O)NCc2ccccc2)n1C(C)C)O[Si](C)(C)C(C)(C)C. The number of ether oxygens (including phenoxy) is 1. The average Bonchev–Trinajstić information content (AvgIpc) is 3.17. The van der Waals surface area contributed by atoms with Gasteiger partial charge >= 0.3 is 5.97 Å². The van der Waals surface area contributed by atoms with Crippen LogP contribution in [0.2, 0.25) is 18.1 Å². The largest absolute Gasteiger partial charge is 0.469 e. The zero-order chi connectivity index (χ0) is 28.7. The lowest BCUT2D eigenvalue weighted by atomic mass is 10.1. The van der Waals surface area contributed by atoms with Crippen LogP contribution in [0.5, 0.6) is 0 Å². The minimum atomic E-state index is -2.18. The number of imidazole rings is 1. The minimum absolute atomic E-state index is 0.0473. The first-order chi connectivity index (χ1) is 17.7. The van der Waals surface area contributed by atoms with Crippen LogP contribution in [0.1, 0.15) is 75.4 Å². The molecule has 2 N–H and O–H groups in total. The first-order valence-electron chi connectivity index (χ1n) is 12.9. The number of aliphatic hydroxyl groups is 1. The molecule has 0 spiro atoms. The lowest BCUT2D eigenvalue weighted by molar-refractivity contribution is -0.142. The fraction of sp³-hybridized carbons (Fsp3) is 0.536. The van der Waals surface area contributed by atoms with Crippen molar-refractivity contribution in [2.45, 2.75) is 90.4 Å². The molecular weight excluding hydrogens is 566 g/mol. The summed E-state index contributed by atoms with van der Waals surface area (Å²) >= 11 is 3.48. The predicted molar refractivity (Wildman–Crippen MR) is 156 cm³/mol. The molecule has 0 radical (unpaired) electrons. The smallest absolute Gasteiger partial charge is 0.308 e. The molecule has 1 aromatic carbocycles. The zero-order valence-electron chi connectivity index (χ0n) is 23.7. The monoisotopic (exact) mass is 607 g/mol. The number of nitrogens with zero attached hydrogens (tertiary/aromatic N) is 2. The molecule has 0 saturated heterocycles. The average molecular weight is 609 g/mol. The second kappa shape index (κ2) is 13.7. The summed E-state index contributed by atoms with van der Waals surface area (Å²) in [6, 6.07) is 9.62. The molecule has 2 rings (SSSR count). The summed E-state index contributed by atoms with van der Waals surface area (Å²) < 4.78 is 13.6. The van der Waals surface area contributed by atoms with Crippen LogP contribution >= 0.6 is 15.9 Å². The highest BCUT2D eigenvalue weighted by molar-refractivity contribution is 9.10. The van der Waals surface area contributed by atoms with Gasteiger partial charge in [-0.15, -0.1) is 0 Å². The Morgan fingerprint density at radius 1 is 1.21 bits per heavy atom. The summed E-state index contributed by atoms with van der Waals surface area (Å²) in [7, 11) is -0.838. The summed E-state index contributed by atoms with van der Waals surface area (Å²) in [4.78, 5) is 29.5. The van der Waals surface area contributed by atoms with Gasteiger partial charge in [0.15, 0.2) is 8.32 Å². The molecule has 2 aromatic rings. The van der Waals surface area contributed by atoms with Crippen molar-refractivity contribution in [3.63, 3.8) is 0 Å². The van der Waals surface area contributed by atoms with Gasteiger partial charge in [-0.3, -0.25) is 9.59 Å². The van der Waals surface area contributed by atoms with E-state index < -0.39 is 20.5 Å². The highest BCUT2D eigenvalue weighted by Crippen LogP contribution is 2.38. The topological polar surface area (TPSA) is 103 Å². The molecule has 0 unspecified atom stereocenters. The molecule has 0 saturated carbocycles. The van der Waals surface area contributed by atoms with Gasteiger partial charge in [-0.2, -0.15) is 0 Å². The third-order valence-corrected chi connectivity index (χ3v) is 11.9. The number of hydrogen-bond acceptors (Lipinski definition) is 6. The Morgan fingerprint density at radius 2 is 1.84 bits per heavy atom. The highest BCUT2D eigenvalue weighted by atomic mass is 79.9. The van der Waals surface area contributed by atoms with Gasteiger partial charge in [0.2, 0.25) is 5.82 Å². The second-order valence-electron chi connectivity index (χ2n) is 11.2. The molecule has 1 aromatic heterocycles. The summed E-state index contributed by atoms with van der Waals surface area (Å²) in [6.07, 6.45) is 2.32. The van der Waals surface area contributed by atoms with E-state index in [4.69, 9.17) is 9.16 Å². The summed E-state index contributed by atoms with van der Waals surface area (Å²) in [5.74, 6) is -0.386. The molecule has 8 nitrogen and oxygen atoms in total. The minimum Gasteiger partial charge on any atom is -0.469 e. The van der Waals surface area contributed by atoms with E-state index in [1.165, 1.54) is 7.11 Å². The van der Waals surface area contributed by atoms with Crippen molar-refractivity contribution in [2.24, 2.45) is 0 Å². The van der Waals surface area contributed by atoms with Crippen LogP contribution in [0.25, 0.3) is 6.08 Å². The maximum atomic E-state index is 13.0. The van der Waals surface area contributed by atoms with E-state index in [9.17, 15) is 14.7 Å². The molecule has 0 fully saturated rings. The van der Waals surface area contributed by atoms with Gasteiger partial charge in [0.25, 0.3) is 5.91 Å². The number of carbonyl (C=O) groups is 2. The van der Waals surface area contributed by atoms with Gasteiger partial charge < -0.3 is 24.2 Å². The summed E-state index contributed by atoms with van der Waals surface area (Å²) in [6.45, 7) is 14.9. The van der Waals surface area contributed by atoms with Crippen LogP contribution in [0.4, 0.5) is 0 Å². The van der Waals surface area contributed by atoms with E-state index >= 15 is 0 Å². The van der Waals surface area contributed by atoms with Crippen LogP contribution in [0.15, 0.2) is 41.0 Å². The molecule has 10 heteroatoms. The Morgan fingerprint density at radius 3 is 2.39 bits per heavy atom. The van der Waals surface area contributed by atoms with Gasteiger partial charge in [0.1, 0.15) is 4.60 Å². The number of methoxy groups -OCH3 is 1.